The number of aromatic amines is 1. The summed E-state index contributed by atoms with van der Waals surface area (Å²) < 4.78 is 20.9. The topological polar surface area (TPSA) is 33.2 Å². The molecule has 1 fully saturated rings. The van der Waals surface area contributed by atoms with Gasteiger partial charge in [0.1, 0.15) is 5.82 Å². The predicted molar refractivity (Wildman–Crippen MR) is 65.9 cm³/mol. The number of fused-ring (bicyclic) bond motifs is 1. The number of imidazole rings is 1. The van der Waals surface area contributed by atoms with Crippen molar-refractivity contribution in [2.24, 2.45) is 0 Å². The Morgan fingerprint density at radius 3 is 2.82 bits per heavy atom. The van der Waals surface area contributed by atoms with Gasteiger partial charge in [-0.1, -0.05) is 0 Å². The van der Waals surface area contributed by atoms with Crippen LogP contribution < -0.4 is 5.01 Å². The number of nitrogens with one attached hydrogen (secondary N) is 1. The van der Waals surface area contributed by atoms with Crippen molar-refractivity contribution in [1.29, 1.82) is 0 Å². The van der Waals surface area contributed by atoms with Crippen LogP contribution in [0.2, 0.25) is 0 Å². The number of aromatic nitrogens is 2. The van der Waals surface area contributed by atoms with E-state index in [0.29, 0.717) is 18.0 Å². The summed E-state index contributed by atoms with van der Waals surface area (Å²) in [7, 11) is 0. The van der Waals surface area contributed by atoms with Crippen molar-refractivity contribution in [3.8, 4) is 0 Å². The first-order valence-corrected chi connectivity index (χ1v) is 5.90. The number of morpholine rings is 1. The molecule has 90 valence electrons. The summed E-state index contributed by atoms with van der Waals surface area (Å²) in [5.41, 5.74) is 1.62. The highest BCUT2D eigenvalue weighted by Gasteiger charge is 2.15. The van der Waals surface area contributed by atoms with Crippen molar-refractivity contribution in [3.05, 3.63) is 28.8 Å². The monoisotopic (exact) mass is 253 g/mol. The van der Waals surface area contributed by atoms with Gasteiger partial charge in [-0.25, -0.2) is 9.07 Å². The van der Waals surface area contributed by atoms with Crippen molar-refractivity contribution >= 4 is 23.3 Å². The lowest BCUT2D eigenvalue weighted by molar-refractivity contribution is 0.111. The maximum absolute atomic E-state index is 13.1. The normalized spacial score (nSPS) is 16.6. The van der Waals surface area contributed by atoms with Crippen molar-refractivity contribution in [1.82, 2.24) is 9.66 Å². The second-order valence-electron chi connectivity index (χ2n) is 3.97. The van der Waals surface area contributed by atoms with Gasteiger partial charge >= 0.3 is 0 Å². The first-order valence-electron chi connectivity index (χ1n) is 5.49. The average Bonchev–Trinajstić information content (AvgIpc) is 2.65. The van der Waals surface area contributed by atoms with E-state index in [1.807, 2.05) is 4.68 Å². The number of hydrogen-bond acceptors (Lipinski definition) is 3. The molecule has 0 aliphatic carbocycles. The van der Waals surface area contributed by atoms with Gasteiger partial charge < -0.3 is 14.7 Å². The third-order valence-electron chi connectivity index (χ3n) is 2.89. The van der Waals surface area contributed by atoms with E-state index in [1.165, 1.54) is 12.1 Å². The Morgan fingerprint density at radius 2 is 2.06 bits per heavy atom. The van der Waals surface area contributed by atoms with Gasteiger partial charge in [0.05, 0.1) is 37.3 Å². The molecule has 1 aromatic carbocycles. The summed E-state index contributed by atoms with van der Waals surface area (Å²) in [5, 5.41) is 2.11. The molecule has 6 heteroatoms. The standard InChI is InChI=1S/C11H12FN3OS/c12-8-1-2-10-9(7-8)13-11(17)15(10)14-3-5-16-6-4-14/h1-2,7H,3-6H2,(H,13,17). The Hall–Kier alpha value is -1.40. The Balaban J connectivity index is 2.14. The van der Waals surface area contributed by atoms with Crippen LogP contribution in [0.3, 0.4) is 0 Å². The molecule has 0 radical (unpaired) electrons. The lowest BCUT2D eigenvalue weighted by Crippen LogP contribution is -2.43. The minimum atomic E-state index is -0.261. The number of rotatable bonds is 1. The molecule has 1 aromatic heterocycles. The molecule has 2 aromatic rings. The number of hydrogen-bond donors (Lipinski definition) is 1. The number of H-pyrrole nitrogens is 1. The van der Waals surface area contributed by atoms with Crippen LogP contribution in [0.4, 0.5) is 4.39 Å². The largest absolute Gasteiger partial charge is 0.378 e. The van der Waals surface area contributed by atoms with Gasteiger partial charge in [-0.3, -0.25) is 0 Å². The summed E-state index contributed by atoms with van der Waals surface area (Å²) in [6, 6.07) is 4.65. The summed E-state index contributed by atoms with van der Waals surface area (Å²) in [5.74, 6) is -0.261. The molecule has 1 saturated heterocycles. The van der Waals surface area contributed by atoms with Crippen LogP contribution in [0.25, 0.3) is 11.0 Å². The van der Waals surface area contributed by atoms with Crippen molar-refractivity contribution in [3.63, 3.8) is 0 Å². The molecule has 0 bridgehead atoms. The van der Waals surface area contributed by atoms with Gasteiger partial charge in [-0.2, -0.15) is 0 Å². The Bertz CT molecular complexity index is 600. The van der Waals surface area contributed by atoms with Crippen LogP contribution in [0.1, 0.15) is 0 Å². The van der Waals surface area contributed by atoms with E-state index >= 15 is 0 Å². The summed E-state index contributed by atoms with van der Waals surface area (Å²) in [6.07, 6.45) is 0. The summed E-state index contributed by atoms with van der Waals surface area (Å²) in [6.45, 7) is 2.96. The van der Waals surface area contributed by atoms with Crippen LogP contribution in [-0.2, 0) is 4.74 Å². The molecular formula is C11H12FN3OS. The Morgan fingerprint density at radius 1 is 1.29 bits per heavy atom. The molecule has 0 spiro atoms. The van der Waals surface area contributed by atoms with Gasteiger partial charge in [-0.05, 0) is 30.4 Å². The van der Waals surface area contributed by atoms with Gasteiger partial charge in [0.25, 0.3) is 0 Å². The maximum Gasteiger partial charge on any atom is 0.197 e. The minimum absolute atomic E-state index is 0.261. The third-order valence-corrected chi connectivity index (χ3v) is 3.17. The highest BCUT2D eigenvalue weighted by atomic mass is 32.1. The second-order valence-corrected chi connectivity index (χ2v) is 4.36. The smallest absolute Gasteiger partial charge is 0.197 e. The van der Waals surface area contributed by atoms with E-state index in [9.17, 15) is 4.39 Å². The molecule has 1 aliphatic heterocycles. The highest BCUT2D eigenvalue weighted by Crippen LogP contribution is 2.16. The van der Waals surface area contributed by atoms with Gasteiger partial charge in [0.15, 0.2) is 4.77 Å². The van der Waals surface area contributed by atoms with E-state index in [-0.39, 0.29) is 5.82 Å². The molecule has 1 N–H and O–H groups in total. The zero-order valence-corrected chi connectivity index (χ0v) is 9.97. The molecule has 1 aliphatic rings. The molecule has 4 nitrogen and oxygen atoms in total. The summed E-state index contributed by atoms with van der Waals surface area (Å²) in [4.78, 5) is 3.02. The average molecular weight is 253 g/mol. The lowest BCUT2D eigenvalue weighted by atomic mass is 10.3. The third kappa shape index (κ3) is 1.83. The van der Waals surface area contributed by atoms with Crippen LogP contribution in [0, 0.1) is 10.6 Å². The molecule has 0 amide bonds. The van der Waals surface area contributed by atoms with Gasteiger partial charge in [-0.15, -0.1) is 0 Å². The maximum atomic E-state index is 13.1. The molecule has 0 saturated carbocycles. The van der Waals surface area contributed by atoms with Crippen LogP contribution in [0.5, 0.6) is 0 Å². The number of nitrogens with zero attached hydrogens (tertiary/aromatic N) is 2. The van der Waals surface area contributed by atoms with Crippen LogP contribution >= 0.6 is 12.2 Å². The van der Waals surface area contributed by atoms with E-state index in [2.05, 4.69) is 9.99 Å². The molecular weight excluding hydrogens is 241 g/mol. The molecule has 2 heterocycles. The van der Waals surface area contributed by atoms with E-state index in [4.69, 9.17) is 17.0 Å². The zero-order chi connectivity index (χ0) is 11.8. The van der Waals surface area contributed by atoms with Crippen molar-refractivity contribution in [2.45, 2.75) is 0 Å². The van der Waals surface area contributed by atoms with Crippen LogP contribution in [0.15, 0.2) is 18.2 Å². The number of benzene rings is 1. The van der Waals surface area contributed by atoms with Gasteiger partial charge in [0.2, 0.25) is 0 Å². The number of ether oxygens (including phenoxy) is 1. The molecule has 3 rings (SSSR count). The SMILES string of the molecule is Fc1ccc2c(c1)[nH]c(=S)n2N1CCOCC1. The van der Waals surface area contributed by atoms with E-state index < -0.39 is 0 Å². The number of halogens is 1. The first kappa shape index (κ1) is 10.7. The highest BCUT2D eigenvalue weighted by molar-refractivity contribution is 7.71. The fourth-order valence-electron chi connectivity index (χ4n) is 2.11. The lowest BCUT2D eigenvalue weighted by Gasteiger charge is -2.29. The zero-order valence-electron chi connectivity index (χ0n) is 9.15. The quantitative estimate of drug-likeness (QED) is 0.787. The van der Waals surface area contributed by atoms with Gasteiger partial charge in [0, 0.05) is 0 Å². The molecule has 0 unspecified atom stereocenters. The van der Waals surface area contributed by atoms with E-state index in [0.717, 1.165) is 24.1 Å². The fraction of sp³-hybridized carbons (Fsp3) is 0.364. The molecule has 17 heavy (non-hydrogen) atoms. The Kier molecular flexibility index (Phi) is 2.60. The van der Waals surface area contributed by atoms with Crippen molar-refractivity contribution in [2.75, 3.05) is 31.3 Å². The fourth-order valence-corrected chi connectivity index (χ4v) is 2.43. The Labute approximate surface area is 103 Å². The second kappa shape index (κ2) is 4.12. The molecule has 0 atom stereocenters. The van der Waals surface area contributed by atoms with Crippen molar-refractivity contribution < 1.29 is 9.13 Å². The predicted octanol–water partition coefficient (Wildman–Crippen LogP) is 1.81. The first-order chi connectivity index (χ1) is 8.25. The van der Waals surface area contributed by atoms with E-state index in [1.54, 1.807) is 6.07 Å². The summed E-state index contributed by atoms with van der Waals surface area (Å²) >= 11 is 5.28. The van der Waals surface area contributed by atoms with Crippen LogP contribution in [-0.4, -0.2) is 36.0 Å². The minimum Gasteiger partial charge on any atom is -0.378 e.